The van der Waals surface area contributed by atoms with Crippen molar-refractivity contribution < 1.29 is 27.4 Å². The average Bonchev–Trinajstić information content (AvgIpc) is 3.39. The van der Waals surface area contributed by atoms with Gasteiger partial charge in [0, 0.05) is 37.7 Å². The number of nitrogens with zero attached hydrogens (tertiary/aromatic N) is 7. The summed E-state index contributed by atoms with van der Waals surface area (Å²) in [5.41, 5.74) is -0.291. The van der Waals surface area contributed by atoms with E-state index in [1.54, 1.807) is 13.1 Å². The second-order valence-electron chi connectivity index (χ2n) is 9.97. The summed E-state index contributed by atoms with van der Waals surface area (Å²) in [6.45, 7) is 2.47. The molecule has 1 spiro atoms. The number of amides is 1. The highest BCUT2D eigenvalue weighted by Crippen LogP contribution is 2.54. The highest BCUT2D eigenvalue weighted by molar-refractivity contribution is 5.88. The van der Waals surface area contributed by atoms with Crippen molar-refractivity contribution in [1.82, 2.24) is 29.3 Å². The molecule has 40 heavy (non-hydrogen) atoms. The summed E-state index contributed by atoms with van der Waals surface area (Å²) < 4.78 is 55.2. The molecule has 1 amide bonds. The molecule has 5 heterocycles. The number of rotatable bonds is 6. The number of halogens is 3. The third-order valence-corrected chi connectivity index (χ3v) is 7.00. The van der Waals surface area contributed by atoms with Crippen LogP contribution in [0.2, 0.25) is 0 Å². The zero-order chi connectivity index (χ0) is 28.2. The number of alkyl halides is 3. The van der Waals surface area contributed by atoms with Gasteiger partial charge in [0.1, 0.15) is 34.4 Å². The number of nitrogens with one attached hydrogen (secondary N) is 2. The first-order valence-electron chi connectivity index (χ1n) is 12.2. The second-order valence-corrected chi connectivity index (χ2v) is 9.97. The lowest BCUT2D eigenvalue weighted by molar-refractivity contribution is -0.182. The van der Waals surface area contributed by atoms with E-state index in [0.29, 0.717) is 37.3 Å². The Kier molecular flexibility index (Phi) is 5.88. The maximum Gasteiger partial charge on any atom is 0.433 e. The Hall–Kier alpha value is -4.71. The number of fused-ring (bicyclic) bond motifs is 1. The van der Waals surface area contributed by atoms with Gasteiger partial charge in [0.25, 0.3) is 0 Å². The van der Waals surface area contributed by atoms with Crippen LogP contribution in [-0.2, 0) is 22.8 Å². The first kappa shape index (κ1) is 25.6. The van der Waals surface area contributed by atoms with Crippen LogP contribution in [0.25, 0.3) is 11.2 Å². The van der Waals surface area contributed by atoms with Crippen molar-refractivity contribution in [3.8, 4) is 17.6 Å². The molecule has 1 aliphatic carbocycles. The molecule has 0 radical (unpaired) electrons. The number of anilines is 3. The van der Waals surface area contributed by atoms with Crippen LogP contribution < -0.4 is 15.4 Å². The largest absolute Gasteiger partial charge is 0.454 e. The van der Waals surface area contributed by atoms with E-state index in [2.05, 4.69) is 36.8 Å². The van der Waals surface area contributed by atoms with Crippen LogP contribution >= 0.6 is 0 Å². The number of imidazole rings is 1. The maximum atomic E-state index is 13.8. The Balaban J connectivity index is 1.30. The van der Waals surface area contributed by atoms with Gasteiger partial charge in [-0.1, -0.05) is 0 Å². The molecule has 15 heteroatoms. The van der Waals surface area contributed by atoms with Gasteiger partial charge in [-0.25, -0.2) is 9.97 Å². The lowest BCUT2D eigenvalue weighted by Gasteiger charge is -2.53. The van der Waals surface area contributed by atoms with Crippen molar-refractivity contribution in [3.05, 3.63) is 41.9 Å². The Morgan fingerprint density at radius 2 is 2.02 bits per heavy atom. The highest BCUT2D eigenvalue weighted by Gasteiger charge is 2.52. The molecule has 206 valence electrons. The first-order chi connectivity index (χ1) is 19.0. The zero-order valence-electron chi connectivity index (χ0n) is 21.3. The van der Waals surface area contributed by atoms with Crippen LogP contribution in [0, 0.1) is 16.7 Å². The summed E-state index contributed by atoms with van der Waals surface area (Å²) in [4.78, 5) is 24.0. The van der Waals surface area contributed by atoms with Crippen molar-refractivity contribution >= 4 is 34.7 Å². The summed E-state index contributed by atoms with van der Waals surface area (Å²) in [6.07, 6.45) is -0.685. The van der Waals surface area contributed by atoms with Gasteiger partial charge in [-0.3, -0.25) is 9.48 Å². The molecule has 1 saturated carbocycles. The van der Waals surface area contributed by atoms with E-state index >= 15 is 0 Å². The number of hydrogen-bond donors (Lipinski definition) is 2. The topological polar surface area (TPSA) is 145 Å². The maximum absolute atomic E-state index is 13.8. The van der Waals surface area contributed by atoms with E-state index in [1.807, 2.05) is 0 Å². The number of pyridine rings is 2. The Morgan fingerprint density at radius 1 is 1.25 bits per heavy atom. The van der Waals surface area contributed by atoms with Crippen LogP contribution in [0.5, 0.6) is 11.5 Å². The van der Waals surface area contributed by atoms with Crippen LogP contribution in [0.15, 0.2) is 30.6 Å². The predicted molar refractivity (Wildman–Crippen MR) is 134 cm³/mol. The lowest BCUT2D eigenvalue weighted by Crippen LogP contribution is -2.53. The van der Waals surface area contributed by atoms with Gasteiger partial charge in [0.05, 0.1) is 25.5 Å². The highest BCUT2D eigenvalue weighted by atomic mass is 19.4. The number of aromatic nitrogens is 6. The van der Waals surface area contributed by atoms with E-state index in [9.17, 15) is 23.2 Å². The minimum Gasteiger partial charge on any atom is -0.454 e. The first-order valence-corrected chi connectivity index (χ1v) is 12.2. The van der Waals surface area contributed by atoms with Gasteiger partial charge in [-0.05, 0) is 18.9 Å². The standard InChI is InChI=1S/C25H22F3N9O3/c1-13(38)32-19-5-15(3-4-30-19)40-17-10-31-22-21(16(17)9-29)36(2)23(34-22)33-20-6-18(25(26,27)28)37(35-20)14-7-24(8-14)11-39-12-24/h3-6,10,14H,7-8,11-12H2,1-2H3,(H,30,32,38)(H,31,33,34,35). The van der Waals surface area contributed by atoms with Gasteiger partial charge < -0.3 is 24.7 Å². The molecule has 0 unspecified atom stereocenters. The predicted octanol–water partition coefficient (Wildman–Crippen LogP) is 4.30. The number of carbonyl (C=O) groups excluding carboxylic acids is 1. The number of carbonyl (C=O) groups is 1. The third-order valence-electron chi connectivity index (χ3n) is 7.00. The molecule has 2 aliphatic rings. The molecule has 1 saturated heterocycles. The van der Waals surface area contributed by atoms with Crippen molar-refractivity contribution in [2.75, 3.05) is 23.8 Å². The summed E-state index contributed by atoms with van der Waals surface area (Å²) >= 11 is 0. The van der Waals surface area contributed by atoms with E-state index in [0.717, 1.165) is 10.7 Å². The molecule has 0 bridgehead atoms. The van der Waals surface area contributed by atoms with Crippen molar-refractivity contribution in [3.63, 3.8) is 0 Å². The molecular formula is C25H22F3N9O3. The Bertz CT molecular complexity index is 1680. The van der Waals surface area contributed by atoms with Gasteiger partial charge in [0.15, 0.2) is 17.2 Å². The van der Waals surface area contributed by atoms with Crippen molar-refractivity contribution in [1.29, 1.82) is 5.26 Å². The van der Waals surface area contributed by atoms with Crippen LogP contribution in [0.1, 0.15) is 37.1 Å². The van der Waals surface area contributed by atoms with Crippen molar-refractivity contribution in [2.45, 2.75) is 32.0 Å². The number of nitriles is 1. The molecule has 0 atom stereocenters. The van der Waals surface area contributed by atoms with Gasteiger partial charge in [0.2, 0.25) is 11.9 Å². The molecule has 4 aromatic heterocycles. The molecule has 2 N–H and O–H groups in total. The minimum absolute atomic E-state index is 0.0335. The summed E-state index contributed by atoms with van der Waals surface area (Å²) in [7, 11) is 1.60. The fourth-order valence-corrected chi connectivity index (χ4v) is 5.10. The summed E-state index contributed by atoms with van der Waals surface area (Å²) in [5.74, 6) is 0.482. The fraction of sp³-hybridized carbons (Fsp3) is 0.360. The SMILES string of the molecule is CC(=O)Nc1cc(Oc2cnc3nc(Nc4cc(C(F)(F)F)n(C5CC6(COC6)C5)n4)n(C)c3c2C#N)ccn1. The number of aryl methyl sites for hydroxylation is 1. The molecule has 12 nitrogen and oxygen atoms in total. The van der Waals surface area contributed by atoms with Crippen molar-refractivity contribution in [2.24, 2.45) is 12.5 Å². The molecule has 1 aliphatic heterocycles. The van der Waals surface area contributed by atoms with E-state index in [-0.39, 0.29) is 51.9 Å². The minimum atomic E-state index is -4.59. The smallest absolute Gasteiger partial charge is 0.433 e. The Morgan fingerprint density at radius 3 is 2.67 bits per heavy atom. The van der Waals surface area contributed by atoms with Crippen LogP contribution in [0.3, 0.4) is 0 Å². The third kappa shape index (κ3) is 4.45. The molecular weight excluding hydrogens is 531 g/mol. The molecule has 4 aromatic rings. The summed E-state index contributed by atoms with van der Waals surface area (Å²) in [5, 5.41) is 19.6. The van der Waals surface area contributed by atoms with E-state index in [1.165, 1.54) is 30.0 Å². The fourth-order valence-electron chi connectivity index (χ4n) is 5.10. The molecule has 2 fully saturated rings. The number of hydrogen-bond acceptors (Lipinski definition) is 9. The van der Waals surface area contributed by atoms with Gasteiger partial charge in [-0.2, -0.15) is 28.5 Å². The second kappa shape index (κ2) is 9.19. The van der Waals surface area contributed by atoms with Crippen LogP contribution in [0.4, 0.5) is 30.8 Å². The van der Waals surface area contributed by atoms with Crippen LogP contribution in [-0.4, -0.2) is 48.4 Å². The monoisotopic (exact) mass is 553 g/mol. The van der Waals surface area contributed by atoms with Gasteiger partial charge in [-0.15, -0.1) is 0 Å². The molecule has 6 rings (SSSR count). The Labute approximate surface area is 224 Å². The van der Waals surface area contributed by atoms with E-state index < -0.39 is 11.9 Å². The quantitative estimate of drug-likeness (QED) is 0.357. The van der Waals surface area contributed by atoms with E-state index in [4.69, 9.17) is 9.47 Å². The lowest BCUT2D eigenvalue weighted by atomic mass is 9.64. The normalized spacial score (nSPS) is 16.3. The van der Waals surface area contributed by atoms with Gasteiger partial charge >= 0.3 is 6.18 Å². The average molecular weight is 554 g/mol. The number of ether oxygens (including phenoxy) is 2. The summed E-state index contributed by atoms with van der Waals surface area (Å²) in [6, 6.07) is 5.70. The molecule has 0 aromatic carbocycles. The zero-order valence-corrected chi connectivity index (χ0v) is 21.3.